The number of hydrogen-bond acceptors (Lipinski definition) is 4. The number of aromatic nitrogens is 2. The zero-order valence-electron chi connectivity index (χ0n) is 13.2. The SMILES string of the molecule is COc1cc(I)c(C(=O)NCCCCn2ccnc2)cc1OC. The van der Waals surface area contributed by atoms with Gasteiger partial charge in [-0.1, -0.05) is 0 Å². The van der Waals surface area contributed by atoms with Crippen LogP contribution in [-0.2, 0) is 6.54 Å². The van der Waals surface area contributed by atoms with Crippen molar-refractivity contribution in [2.45, 2.75) is 19.4 Å². The van der Waals surface area contributed by atoms with Gasteiger partial charge >= 0.3 is 0 Å². The maximum Gasteiger partial charge on any atom is 0.252 e. The highest BCUT2D eigenvalue weighted by Crippen LogP contribution is 2.31. The fourth-order valence-electron chi connectivity index (χ4n) is 2.16. The molecule has 0 aliphatic heterocycles. The van der Waals surface area contributed by atoms with E-state index in [-0.39, 0.29) is 5.91 Å². The summed E-state index contributed by atoms with van der Waals surface area (Å²) in [5.74, 6) is 1.07. The number of benzene rings is 1. The van der Waals surface area contributed by atoms with Crippen molar-refractivity contribution in [1.82, 2.24) is 14.9 Å². The van der Waals surface area contributed by atoms with Crippen molar-refractivity contribution in [3.63, 3.8) is 0 Å². The number of aryl methyl sites for hydroxylation is 1. The van der Waals surface area contributed by atoms with Gasteiger partial charge in [-0.05, 0) is 47.6 Å². The van der Waals surface area contributed by atoms with Crippen LogP contribution in [0.2, 0.25) is 0 Å². The predicted molar refractivity (Wildman–Crippen MR) is 96.1 cm³/mol. The summed E-state index contributed by atoms with van der Waals surface area (Å²) in [6.07, 6.45) is 7.39. The third-order valence-corrected chi connectivity index (χ3v) is 4.30. The summed E-state index contributed by atoms with van der Waals surface area (Å²) in [5, 5.41) is 2.94. The molecule has 0 atom stereocenters. The molecule has 2 aromatic rings. The molecule has 0 aliphatic carbocycles. The number of amides is 1. The lowest BCUT2D eigenvalue weighted by atomic mass is 10.2. The van der Waals surface area contributed by atoms with Crippen molar-refractivity contribution < 1.29 is 14.3 Å². The summed E-state index contributed by atoms with van der Waals surface area (Å²) in [7, 11) is 3.14. The van der Waals surface area contributed by atoms with Gasteiger partial charge in [0.2, 0.25) is 0 Å². The topological polar surface area (TPSA) is 65.4 Å². The van der Waals surface area contributed by atoms with Crippen molar-refractivity contribution in [2.24, 2.45) is 0 Å². The van der Waals surface area contributed by atoms with Crippen LogP contribution in [0.3, 0.4) is 0 Å². The minimum absolute atomic E-state index is 0.0991. The van der Waals surface area contributed by atoms with Gasteiger partial charge in [0.25, 0.3) is 5.91 Å². The summed E-state index contributed by atoms with van der Waals surface area (Å²) in [6, 6.07) is 3.51. The van der Waals surface area contributed by atoms with Crippen molar-refractivity contribution in [1.29, 1.82) is 0 Å². The molecule has 1 aromatic carbocycles. The van der Waals surface area contributed by atoms with Gasteiger partial charge in [-0.25, -0.2) is 4.98 Å². The van der Waals surface area contributed by atoms with Crippen LogP contribution < -0.4 is 14.8 Å². The molecule has 23 heavy (non-hydrogen) atoms. The summed E-state index contributed by atoms with van der Waals surface area (Å²) < 4.78 is 13.3. The van der Waals surface area contributed by atoms with Crippen molar-refractivity contribution in [2.75, 3.05) is 20.8 Å². The van der Waals surface area contributed by atoms with E-state index in [2.05, 4.69) is 32.9 Å². The number of ether oxygens (including phenoxy) is 2. The first-order valence-electron chi connectivity index (χ1n) is 7.31. The summed E-state index contributed by atoms with van der Waals surface area (Å²) in [6.45, 7) is 1.54. The van der Waals surface area contributed by atoms with Crippen LogP contribution in [-0.4, -0.2) is 36.2 Å². The van der Waals surface area contributed by atoms with Gasteiger partial charge in [0.05, 0.1) is 26.1 Å². The normalized spacial score (nSPS) is 10.4. The summed E-state index contributed by atoms with van der Waals surface area (Å²) in [5.41, 5.74) is 0.595. The number of imidazole rings is 1. The molecule has 0 saturated heterocycles. The highest BCUT2D eigenvalue weighted by atomic mass is 127. The number of unbranched alkanes of at least 4 members (excludes halogenated alkanes) is 1. The molecular formula is C16H20IN3O3. The van der Waals surface area contributed by atoms with Crippen molar-refractivity contribution in [3.8, 4) is 11.5 Å². The Morgan fingerprint density at radius 2 is 2.00 bits per heavy atom. The van der Waals surface area contributed by atoms with Gasteiger partial charge in [-0.3, -0.25) is 4.79 Å². The van der Waals surface area contributed by atoms with Crippen LogP contribution in [0.4, 0.5) is 0 Å². The molecule has 2 rings (SSSR count). The first-order valence-corrected chi connectivity index (χ1v) is 8.39. The van der Waals surface area contributed by atoms with Gasteiger partial charge in [0.1, 0.15) is 0 Å². The Morgan fingerprint density at radius 1 is 1.26 bits per heavy atom. The number of halogens is 1. The standard InChI is InChI=1S/C16H20IN3O3/c1-22-14-9-12(13(17)10-15(14)23-2)16(21)19-5-3-4-7-20-8-6-18-11-20/h6,8-11H,3-5,7H2,1-2H3,(H,19,21). The van der Waals surface area contributed by atoms with E-state index in [1.807, 2.05) is 10.8 Å². The Morgan fingerprint density at radius 3 is 2.65 bits per heavy atom. The highest BCUT2D eigenvalue weighted by molar-refractivity contribution is 14.1. The molecule has 0 spiro atoms. The second kappa shape index (κ2) is 8.76. The quantitative estimate of drug-likeness (QED) is 0.518. The maximum atomic E-state index is 12.3. The van der Waals surface area contributed by atoms with E-state index in [9.17, 15) is 4.79 Å². The number of nitrogens with zero attached hydrogens (tertiary/aromatic N) is 2. The van der Waals surface area contributed by atoms with Gasteiger partial charge < -0.3 is 19.4 Å². The van der Waals surface area contributed by atoms with E-state index in [1.165, 1.54) is 0 Å². The van der Waals surface area contributed by atoms with E-state index < -0.39 is 0 Å². The fraction of sp³-hybridized carbons (Fsp3) is 0.375. The van der Waals surface area contributed by atoms with Crippen LogP contribution in [0, 0.1) is 3.57 Å². The van der Waals surface area contributed by atoms with Crippen LogP contribution in [0.5, 0.6) is 11.5 Å². The number of hydrogen-bond donors (Lipinski definition) is 1. The summed E-state index contributed by atoms with van der Waals surface area (Å²) in [4.78, 5) is 16.3. The number of carbonyl (C=O) groups excluding carboxylic acids is 1. The number of methoxy groups -OCH3 is 2. The average molecular weight is 429 g/mol. The molecule has 0 unspecified atom stereocenters. The van der Waals surface area contributed by atoms with E-state index in [1.54, 1.807) is 38.9 Å². The molecule has 0 bridgehead atoms. The van der Waals surface area contributed by atoms with Gasteiger partial charge in [-0.15, -0.1) is 0 Å². The number of nitrogens with one attached hydrogen (secondary N) is 1. The molecule has 0 radical (unpaired) electrons. The second-order valence-electron chi connectivity index (χ2n) is 4.95. The Labute approximate surface area is 149 Å². The lowest BCUT2D eigenvalue weighted by Gasteiger charge is -2.12. The zero-order valence-corrected chi connectivity index (χ0v) is 15.4. The largest absolute Gasteiger partial charge is 0.493 e. The molecule has 1 amide bonds. The van der Waals surface area contributed by atoms with E-state index >= 15 is 0 Å². The highest BCUT2D eigenvalue weighted by Gasteiger charge is 2.15. The fourth-order valence-corrected chi connectivity index (χ4v) is 2.85. The van der Waals surface area contributed by atoms with Crippen LogP contribution in [0.25, 0.3) is 0 Å². The van der Waals surface area contributed by atoms with Gasteiger partial charge in [0, 0.05) is 29.1 Å². The smallest absolute Gasteiger partial charge is 0.252 e. The molecule has 0 saturated carbocycles. The predicted octanol–water partition coefficient (Wildman–Crippen LogP) is 2.72. The minimum atomic E-state index is -0.0991. The molecule has 1 N–H and O–H groups in total. The molecule has 6 nitrogen and oxygen atoms in total. The van der Waals surface area contributed by atoms with Crippen LogP contribution >= 0.6 is 22.6 Å². The summed E-state index contributed by atoms with van der Waals surface area (Å²) >= 11 is 2.13. The first-order chi connectivity index (χ1) is 11.2. The average Bonchev–Trinajstić information content (AvgIpc) is 3.07. The lowest BCUT2D eigenvalue weighted by molar-refractivity contribution is 0.0951. The Bertz CT molecular complexity index is 644. The third kappa shape index (κ3) is 4.85. The van der Waals surface area contributed by atoms with Crippen molar-refractivity contribution in [3.05, 3.63) is 40.0 Å². The first kappa shape index (κ1) is 17.6. The Balaban J connectivity index is 1.85. The monoisotopic (exact) mass is 429 g/mol. The lowest BCUT2D eigenvalue weighted by Crippen LogP contribution is -2.25. The maximum absolute atomic E-state index is 12.3. The van der Waals surface area contributed by atoms with Gasteiger partial charge in [-0.2, -0.15) is 0 Å². The second-order valence-corrected chi connectivity index (χ2v) is 6.11. The molecular weight excluding hydrogens is 409 g/mol. The molecule has 1 aromatic heterocycles. The third-order valence-electron chi connectivity index (χ3n) is 3.41. The van der Waals surface area contributed by atoms with Crippen LogP contribution in [0.1, 0.15) is 23.2 Å². The Hall–Kier alpha value is -1.77. The van der Waals surface area contributed by atoms with Crippen LogP contribution in [0.15, 0.2) is 30.9 Å². The molecule has 0 aliphatic rings. The molecule has 0 fully saturated rings. The van der Waals surface area contributed by atoms with E-state index in [0.717, 1.165) is 23.0 Å². The number of carbonyl (C=O) groups is 1. The van der Waals surface area contributed by atoms with E-state index in [0.29, 0.717) is 23.6 Å². The van der Waals surface area contributed by atoms with E-state index in [4.69, 9.17) is 9.47 Å². The molecule has 124 valence electrons. The minimum Gasteiger partial charge on any atom is -0.493 e. The van der Waals surface area contributed by atoms with Crippen molar-refractivity contribution >= 4 is 28.5 Å². The number of rotatable bonds is 8. The molecule has 1 heterocycles. The Kier molecular flexibility index (Phi) is 6.69. The van der Waals surface area contributed by atoms with Gasteiger partial charge in [0.15, 0.2) is 11.5 Å². The zero-order chi connectivity index (χ0) is 16.7. The molecule has 7 heteroatoms.